The molecule has 0 spiro atoms. The summed E-state index contributed by atoms with van der Waals surface area (Å²) < 4.78 is 15.4. The van der Waals surface area contributed by atoms with Crippen LogP contribution in [-0.4, -0.2) is 37.7 Å². The third kappa shape index (κ3) is 2.95. The fourth-order valence-corrected chi connectivity index (χ4v) is 1.62. The molecule has 0 radical (unpaired) electrons. The number of benzene rings is 1. The molecule has 92 valence electrons. The summed E-state index contributed by atoms with van der Waals surface area (Å²) >= 11 is 0. The van der Waals surface area contributed by atoms with Crippen LogP contribution in [0.2, 0.25) is 0 Å². The fraction of sp³-hybridized carbons (Fsp3) is 0.417. The zero-order chi connectivity index (χ0) is 12.1. The summed E-state index contributed by atoms with van der Waals surface area (Å²) in [5.74, 6) is 0. The van der Waals surface area contributed by atoms with Crippen molar-refractivity contribution in [3.8, 4) is 0 Å². The quantitative estimate of drug-likeness (QED) is 0.801. The number of nitrogens with zero attached hydrogens (tertiary/aromatic N) is 1. The minimum Gasteiger partial charge on any atom is -0.444 e. The van der Waals surface area contributed by atoms with E-state index in [0.29, 0.717) is 13.2 Å². The Hall–Kier alpha value is -1.59. The molecule has 5 nitrogen and oxygen atoms in total. The van der Waals surface area contributed by atoms with Gasteiger partial charge in [-0.1, -0.05) is 30.3 Å². The smallest absolute Gasteiger partial charge is 0.414 e. The number of amides is 1. The molecule has 1 amide bonds. The molecule has 1 unspecified atom stereocenters. The zero-order valence-corrected chi connectivity index (χ0v) is 9.67. The van der Waals surface area contributed by atoms with E-state index >= 15 is 0 Å². The Bertz CT molecular complexity index is 368. The number of methoxy groups -OCH3 is 1. The van der Waals surface area contributed by atoms with E-state index in [4.69, 9.17) is 14.2 Å². The molecule has 0 aliphatic carbocycles. The van der Waals surface area contributed by atoms with Gasteiger partial charge in [0, 0.05) is 7.11 Å². The summed E-state index contributed by atoms with van der Waals surface area (Å²) in [5.41, 5.74) is 0.954. The molecule has 1 aliphatic heterocycles. The topological polar surface area (TPSA) is 48.0 Å². The van der Waals surface area contributed by atoms with Crippen LogP contribution in [0, 0.1) is 0 Å². The lowest BCUT2D eigenvalue weighted by Gasteiger charge is -2.20. The van der Waals surface area contributed by atoms with Crippen molar-refractivity contribution in [2.45, 2.75) is 13.0 Å². The average molecular weight is 237 g/mol. The molecule has 1 atom stereocenters. The van der Waals surface area contributed by atoms with Crippen molar-refractivity contribution >= 4 is 6.09 Å². The Morgan fingerprint density at radius 3 is 2.94 bits per heavy atom. The van der Waals surface area contributed by atoms with Crippen molar-refractivity contribution in [1.29, 1.82) is 0 Å². The molecular weight excluding hydrogens is 222 g/mol. The van der Waals surface area contributed by atoms with Crippen LogP contribution >= 0.6 is 0 Å². The van der Waals surface area contributed by atoms with E-state index in [1.54, 1.807) is 0 Å². The standard InChI is InChI=1S/C12H15NO4/c1-15-12-13(7-8-16-12)11(14)17-9-10-5-3-2-4-6-10/h2-6,12H,7-9H2,1H3. The lowest BCUT2D eigenvalue weighted by Crippen LogP contribution is -2.37. The van der Waals surface area contributed by atoms with E-state index in [0.717, 1.165) is 5.56 Å². The first-order valence-electron chi connectivity index (χ1n) is 5.43. The van der Waals surface area contributed by atoms with E-state index in [1.165, 1.54) is 12.0 Å². The van der Waals surface area contributed by atoms with Gasteiger partial charge in [-0.25, -0.2) is 4.79 Å². The Morgan fingerprint density at radius 2 is 2.24 bits per heavy atom. The second-order valence-electron chi connectivity index (χ2n) is 3.65. The SMILES string of the molecule is COC1OCCN1C(=O)OCc1ccccc1. The first-order valence-corrected chi connectivity index (χ1v) is 5.43. The third-order valence-electron chi connectivity index (χ3n) is 2.49. The lowest BCUT2D eigenvalue weighted by atomic mass is 10.2. The molecule has 17 heavy (non-hydrogen) atoms. The predicted molar refractivity (Wildman–Crippen MR) is 60.1 cm³/mol. The molecule has 0 saturated carbocycles. The Balaban J connectivity index is 1.85. The van der Waals surface area contributed by atoms with E-state index in [-0.39, 0.29) is 6.61 Å². The van der Waals surface area contributed by atoms with Crippen molar-refractivity contribution in [3.05, 3.63) is 35.9 Å². The number of ether oxygens (including phenoxy) is 3. The van der Waals surface area contributed by atoms with Gasteiger partial charge in [-0.3, -0.25) is 4.90 Å². The van der Waals surface area contributed by atoms with Crippen molar-refractivity contribution in [3.63, 3.8) is 0 Å². The molecular formula is C12H15NO4. The van der Waals surface area contributed by atoms with Gasteiger partial charge in [-0.05, 0) is 5.56 Å². The summed E-state index contributed by atoms with van der Waals surface area (Å²) in [6.07, 6.45) is -1.04. The summed E-state index contributed by atoms with van der Waals surface area (Å²) in [4.78, 5) is 13.2. The number of hydrogen-bond donors (Lipinski definition) is 0. The van der Waals surface area contributed by atoms with E-state index in [9.17, 15) is 4.79 Å². The van der Waals surface area contributed by atoms with Gasteiger partial charge in [0.25, 0.3) is 0 Å². The highest BCUT2D eigenvalue weighted by molar-refractivity contribution is 5.67. The highest BCUT2D eigenvalue weighted by Crippen LogP contribution is 2.12. The molecule has 1 aromatic carbocycles. The molecule has 1 fully saturated rings. The molecule has 2 rings (SSSR count). The highest BCUT2D eigenvalue weighted by atomic mass is 16.7. The van der Waals surface area contributed by atoms with E-state index in [2.05, 4.69) is 0 Å². The predicted octanol–water partition coefficient (Wildman–Crippen LogP) is 1.59. The largest absolute Gasteiger partial charge is 0.444 e. The maximum absolute atomic E-state index is 11.7. The average Bonchev–Trinajstić information content (AvgIpc) is 2.85. The minimum atomic E-state index is -0.627. The second kappa shape index (κ2) is 5.65. The molecule has 1 aromatic rings. The number of carbonyl (C=O) groups is 1. The fourth-order valence-electron chi connectivity index (χ4n) is 1.62. The number of hydrogen-bond acceptors (Lipinski definition) is 4. The molecule has 1 saturated heterocycles. The van der Waals surface area contributed by atoms with Crippen LogP contribution in [0.25, 0.3) is 0 Å². The Labute approximate surface area is 99.9 Å². The van der Waals surface area contributed by atoms with Gasteiger partial charge in [0.2, 0.25) is 6.41 Å². The van der Waals surface area contributed by atoms with Crippen LogP contribution in [0.1, 0.15) is 5.56 Å². The highest BCUT2D eigenvalue weighted by Gasteiger charge is 2.30. The van der Waals surface area contributed by atoms with Gasteiger partial charge < -0.3 is 14.2 Å². The van der Waals surface area contributed by atoms with E-state index < -0.39 is 12.5 Å². The Morgan fingerprint density at radius 1 is 1.47 bits per heavy atom. The van der Waals surface area contributed by atoms with Gasteiger partial charge in [-0.15, -0.1) is 0 Å². The normalized spacial score (nSPS) is 19.4. The first-order chi connectivity index (χ1) is 8.31. The summed E-state index contributed by atoms with van der Waals surface area (Å²) in [5, 5.41) is 0. The van der Waals surface area contributed by atoms with Gasteiger partial charge >= 0.3 is 6.09 Å². The van der Waals surface area contributed by atoms with Crippen LogP contribution in [0.3, 0.4) is 0 Å². The molecule has 0 N–H and O–H groups in total. The maximum Gasteiger partial charge on any atom is 0.414 e. The minimum absolute atomic E-state index is 0.257. The van der Waals surface area contributed by atoms with Crippen molar-refractivity contribution in [1.82, 2.24) is 4.90 Å². The number of carbonyl (C=O) groups excluding carboxylic acids is 1. The molecule has 1 aliphatic rings. The summed E-state index contributed by atoms with van der Waals surface area (Å²) in [6, 6.07) is 9.53. The summed E-state index contributed by atoms with van der Waals surface area (Å²) in [7, 11) is 1.49. The van der Waals surface area contributed by atoms with Crippen LogP contribution in [0.15, 0.2) is 30.3 Å². The van der Waals surface area contributed by atoms with Gasteiger partial charge in [-0.2, -0.15) is 0 Å². The van der Waals surface area contributed by atoms with Crippen molar-refractivity contribution in [2.75, 3.05) is 20.3 Å². The summed E-state index contributed by atoms with van der Waals surface area (Å²) in [6.45, 7) is 1.22. The van der Waals surface area contributed by atoms with Crippen LogP contribution in [0.5, 0.6) is 0 Å². The van der Waals surface area contributed by atoms with Crippen molar-refractivity contribution in [2.24, 2.45) is 0 Å². The van der Waals surface area contributed by atoms with Crippen LogP contribution < -0.4 is 0 Å². The first kappa shape index (κ1) is 11.9. The van der Waals surface area contributed by atoms with Gasteiger partial charge in [0.05, 0.1) is 13.2 Å². The Kier molecular flexibility index (Phi) is 3.95. The number of rotatable bonds is 3. The molecule has 1 heterocycles. The van der Waals surface area contributed by atoms with E-state index in [1.807, 2.05) is 30.3 Å². The van der Waals surface area contributed by atoms with Crippen LogP contribution in [-0.2, 0) is 20.8 Å². The molecule has 0 aromatic heterocycles. The second-order valence-corrected chi connectivity index (χ2v) is 3.65. The van der Waals surface area contributed by atoms with Gasteiger partial charge in [0.1, 0.15) is 6.61 Å². The third-order valence-corrected chi connectivity index (χ3v) is 2.49. The lowest BCUT2D eigenvalue weighted by molar-refractivity contribution is -0.148. The monoisotopic (exact) mass is 237 g/mol. The van der Waals surface area contributed by atoms with Gasteiger partial charge in [0.15, 0.2) is 0 Å². The van der Waals surface area contributed by atoms with Crippen LogP contribution in [0.4, 0.5) is 4.79 Å². The van der Waals surface area contributed by atoms with Crippen molar-refractivity contribution < 1.29 is 19.0 Å². The molecule has 5 heteroatoms. The zero-order valence-electron chi connectivity index (χ0n) is 9.67. The maximum atomic E-state index is 11.7. The molecule has 0 bridgehead atoms.